The highest BCUT2D eigenvalue weighted by Crippen LogP contribution is 2.26. The molecule has 37 heavy (non-hydrogen) atoms. The molecule has 0 spiro atoms. The number of anilines is 1. The lowest BCUT2D eigenvalue weighted by Gasteiger charge is -2.34. The summed E-state index contributed by atoms with van der Waals surface area (Å²) in [5, 5.41) is 15.1. The Hall–Kier alpha value is -4.30. The van der Waals surface area contributed by atoms with Gasteiger partial charge in [-0.2, -0.15) is 5.26 Å². The van der Waals surface area contributed by atoms with Gasteiger partial charge in [0.15, 0.2) is 0 Å². The highest BCUT2D eigenvalue weighted by molar-refractivity contribution is 5.99. The highest BCUT2D eigenvalue weighted by atomic mass is 16.6. The van der Waals surface area contributed by atoms with Crippen LogP contribution in [0.2, 0.25) is 0 Å². The molecular weight excluding hydrogens is 468 g/mol. The molecule has 0 radical (unpaired) electrons. The van der Waals surface area contributed by atoms with E-state index in [1.807, 2.05) is 25.1 Å². The molecule has 2 aromatic carbocycles. The van der Waals surface area contributed by atoms with E-state index in [9.17, 15) is 19.6 Å². The van der Waals surface area contributed by atoms with Crippen LogP contribution < -0.4 is 10.6 Å². The Labute approximate surface area is 219 Å². The van der Waals surface area contributed by atoms with Crippen LogP contribution in [0.5, 0.6) is 0 Å². The SMILES string of the molecule is C#Cc1ccc(C(C(=O)Nc2ccccc2C)N(CC#N)C(=O)C(NC(=O)OC(C)(C)C)C(C)C)cc1. The number of carbonyl (C=O) groups excluding carboxylic acids is 3. The van der Waals surface area contributed by atoms with E-state index in [4.69, 9.17) is 11.2 Å². The number of hydrogen-bond donors (Lipinski definition) is 2. The first kappa shape index (κ1) is 28.9. The zero-order chi connectivity index (χ0) is 27.8. The maximum Gasteiger partial charge on any atom is 0.408 e. The Morgan fingerprint density at radius 2 is 1.70 bits per heavy atom. The van der Waals surface area contributed by atoms with Gasteiger partial charge in [-0.3, -0.25) is 9.59 Å². The molecule has 2 N–H and O–H groups in total. The molecule has 8 heteroatoms. The van der Waals surface area contributed by atoms with Crippen LogP contribution in [0.4, 0.5) is 10.5 Å². The molecule has 0 aliphatic carbocycles. The first-order chi connectivity index (χ1) is 17.4. The number of aryl methyl sites for hydroxylation is 1. The van der Waals surface area contributed by atoms with Crippen molar-refractivity contribution in [1.82, 2.24) is 10.2 Å². The number of nitrogens with zero attached hydrogens (tertiary/aromatic N) is 2. The van der Waals surface area contributed by atoms with Crippen molar-refractivity contribution >= 4 is 23.6 Å². The van der Waals surface area contributed by atoms with Gasteiger partial charge in [0.05, 0.1) is 6.07 Å². The third kappa shape index (κ3) is 8.12. The largest absolute Gasteiger partial charge is 0.444 e. The van der Waals surface area contributed by atoms with Crippen LogP contribution >= 0.6 is 0 Å². The van der Waals surface area contributed by atoms with Crippen LogP contribution in [0.1, 0.15) is 57.4 Å². The number of ether oxygens (including phenoxy) is 1. The average molecular weight is 503 g/mol. The molecule has 2 atom stereocenters. The zero-order valence-corrected chi connectivity index (χ0v) is 22.2. The lowest BCUT2D eigenvalue weighted by atomic mass is 9.98. The second kappa shape index (κ2) is 12.6. The normalized spacial score (nSPS) is 12.5. The van der Waals surface area contributed by atoms with Crippen molar-refractivity contribution in [3.8, 4) is 18.4 Å². The number of amides is 3. The first-order valence-electron chi connectivity index (χ1n) is 12.0. The summed E-state index contributed by atoms with van der Waals surface area (Å²) in [5.74, 6) is 1.07. The Balaban J connectivity index is 2.52. The Kier molecular flexibility index (Phi) is 9.85. The number of para-hydroxylation sites is 1. The van der Waals surface area contributed by atoms with E-state index in [1.54, 1.807) is 71.0 Å². The van der Waals surface area contributed by atoms with Gasteiger partial charge in [-0.1, -0.05) is 50.1 Å². The van der Waals surface area contributed by atoms with Crippen molar-refractivity contribution < 1.29 is 19.1 Å². The molecule has 0 saturated carbocycles. The van der Waals surface area contributed by atoms with Gasteiger partial charge in [-0.15, -0.1) is 6.42 Å². The molecule has 2 rings (SSSR count). The third-order valence-electron chi connectivity index (χ3n) is 5.49. The van der Waals surface area contributed by atoms with E-state index < -0.39 is 35.6 Å². The summed E-state index contributed by atoms with van der Waals surface area (Å²) < 4.78 is 5.33. The van der Waals surface area contributed by atoms with Gasteiger partial charge >= 0.3 is 6.09 Å². The van der Waals surface area contributed by atoms with Crippen molar-refractivity contribution in [2.45, 2.75) is 59.2 Å². The lowest BCUT2D eigenvalue weighted by molar-refractivity contribution is -0.140. The smallest absolute Gasteiger partial charge is 0.408 e. The predicted molar refractivity (Wildman–Crippen MR) is 142 cm³/mol. The number of terminal acetylenes is 1. The summed E-state index contributed by atoms with van der Waals surface area (Å²) in [4.78, 5) is 41.2. The van der Waals surface area contributed by atoms with Crippen LogP contribution in [0.3, 0.4) is 0 Å². The fraction of sp³-hybridized carbons (Fsp3) is 0.379. The number of benzene rings is 2. The lowest BCUT2D eigenvalue weighted by Crippen LogP contribution is -2.54. The quantitative estimate of drug-likeness (QED) is 0.406. The van der Waals surface area contributed by atoms with Crippen molar-refractivity contribution in [3.63, 3.8) is 0 Å². The molecule has 3 amide bonds. The molecule has 8 nitrogen and oxygen atoms in total. The van der Waals surface area contributed by atoms with Crippen molar-refractivity contribution in [3.05, 3.63) is 65.2 Å². The van der Waals surface area contributed by atoms with Crippen molar-refractivity contribution in [2.24, 2.45) is 5.92 Å². The van der Waals surface area contributed by atoms with Crippen LogP contribution in [0.15, 0.2) is 48.5 Å². The van der Waals surface area contributed by atoms with E-state index in [2.05, 4.69) is 16.6 Å². The Morgan fingerprint density at radius 3 is 2.22 bits per heavy atom. The maximum atomic E-state index is 13.8. The molecule has 2 aromatic rings. The molecule has 0 bridgehead atoms. The fourth-order valence-corrected chi connectivity index (χ4v) is 3.65. The van der Waals surface area contributed by atoms with Crippen LogP contribution in [-0.4, -0.2) is 41.0 Å². The molecule has 0 aliphatic heterocycles. The molecule has 0 fully saturated rings. The minimum absolute atomic E-state index is 0.356. The third-order valence-corrected chi connectivity index (χ3v) is 5.49. The number of nitrogens with one attached hydrogen (secondary N) is 2. The van der Waals surface area contributed by atoms with E-state index in [0.29, 0.717) is 16.8 Å². The van der Waals surface area contributed by atoms with Gasteiger partial charge in [0, 0.05) is 11.3 Å². The summed E-state index contributed by atoms with van der Waals surface area (Å²) in [6, 6.07) is 13.7. The standard InChI is InChI=1S/C29H34N4O4/c1-8-21-13-15-22(16-14-21)25(26(34)31-23-12-10-9-11-20(23)4)33(18-17-30)27(35)24(19(2)3)32-28(36)37-29(5,6)7/h1,9-16,19,24-25H,18H2,2-7H3,(H,31,34)(H,32,36). The Bertz CT molecular complexity index is 1200. The van der Waals surface area contributed by atoms with E-state index in [0.717, 1.165) is 5.56 Å². The minimum Gasteiger partial charge on any atom is -0.444 e. The molecule has 0 aliphatic rings. The first-order valence-corrected chi connectivity index (χ1v) is 12.0. The van der Waals surface area contributed by atoms with E-state index in [1.165, 1.54) is 4.90 Å². The zero-order valence-electron chi connectivity index (χ0n) is 22.2. The van der Waals surface area contributed by atoms with Crippen LogP contribution in [0, 0.1) is 36.5 Å². The Morgan fingerprint density at radius 1 is 1.08 bits per heavy atom. The van der Waals surface area contributed by atoms with E-state index in [-0.39, 0.29) is 12.5 Å². The molecule has 0 heterocycles. The average Bonchev–Trinajstić information content (AvgIpc) is 2.82. The van der Waals surface area contributed by atoms with Crippen LogP contribution in [0.25, 0.3) is 0 Å². The summed E-state index contributed by atoms with van der Waals surface area (Å²) >= 11 is 0. The van der Waals surface area contributed by atoms with Gasteiger partial charge < -0.3 is 20.3 Å². The second-order valence-corrected chi connectivity index (χ2v) is 9.97. The maximum absolute atomic E-state index is 13.8. The number of rotatable bonds is 8. The van der Waals surface area contributed by atoms with Gasteiger partial charge in [0.25, 0.3) is 5.91 Å². The molecule has 0 aromatic heterocycles. The molecule has 0 saturated heterocycles. The van der Waals surface area contributed by atoms with Gasteiger partial charge in [-0.05, 0) is 62.9 Å². The number of alkyl carbamates (subject to hydrolysis) is 1. The van der Waals surface area contributed by atoms with Crippen molar-refractivity contribution in [2.75, 3.05) is 11.9 Å². The minimum atomic E-state index is -1.17. The summed E-state index contributed by atoms with van der Waals surface area (Å²) in [6.45, 7) is 10.1. The second-order valence-electron chi connectivity index (χ2n) is 9.97. The molecule has 2 unspecified atom stereocenters. The highest BCUT2D eigenvalue weighted by Gasteiger charge is 2.37. The fourth-order valence-electron chi connectivity index (χ4n) is 3.65. The van der Waals surface area contributed by atoms with E-state index >= 15 is 0 Å². The topological polar surface area (TPSA) is 112 Å². The van der Waals surface area contributed by atoms with Crippen molar-refractivity contribution in [1.29, 1.82) is 5.26 Å². The number of nitriles is 1. The monoisotopic (exact) mass is 502 g/mol. The summed E-state index contributed by atoms with van der Waals surface area (Å²) in [5.41, 5.74) is 1.71. The number of hydrogen-bond acceptors (Lipinski definition) is 5. The summed E-state index contributed by atoms with van der Waals surface area (Å²) in [6.07, 6.45) is 4.72. The molecule has 194 valence electrons. The predicted octanol–water partition coefficient (Wildman–Crippen LogP) is 4.56. The number of carbonyl (C=O) groups is 3. The molecular formula is C29H34N4O4. The van der Waals surface area contributed by atoms with Gasteiger partial charge in [0.1, 0.15) is 24.2 Å². The van der Waals surface area contributed by atoms with Gasteiger partial charge in [0.2, 0.25) is 5.91 Å². The van der Waals surface area contributed by atoms with Gasteiger partial charge in [-0.25, -0.2) is 4.79 Å². The summed E-state index contributed by atoms with van der Waals surface area (Å²) in [7, 11) is 0. The van der Waals surface area contributed by atoms with Crippen LogP contribution in [-0.2, 0) is 14.3 Å².